The summed E-state index contributed by atoms with van der Waals surface area (Å²) >= 11 is 5.82. The van der Waals surface area contributed by atoms with Gasteiger partial charge in [-0.1, -0.05) is 11.6 Å². The van der Waals surface area contributed by atoms with Crippen molar-refractivity contribution in [3.63, 3.8) is 0 Å². The van der Waals surface area contributed by atoms with Crippen LogP contribution in [0.25, 0.3) is 0 Å². The molecule has 0 atom stereocenters. The summed E-state index contributed by atoms with van der Waals surface area (Å²) in [7, 11) is 3.86. The Kier molecular flexibility index (Phi) is 6.51. The molecule has 7 nitrogen and oxygen atoms in total. The Morgan fingerprint density at radius 3 is 2.34 bits per heavy atom. The van der Waals surface area contributed by atoms with Crippen LogP contribution in [0.3, 0.4) is 0 Å². The molecular formula is C21H22ClN5O2. The van der Waals surface area contributed by atoms with Gasteiger partial charge in [-0.05, 0) is 55.5 Å². The molecule has 29 heavy (non-hydrogen) atoms. The van der Waals surface area contributed by atoms with Gasteiger partial charge >= 0.3 is 0 Å². The molecule has 8 heteroatoms. The third kappa shape index (κ3) is 6.08. The molecule has 2 N–H and O–H groups in total. The van der Waals surface area contributed by atoms with E-state index in [2.05, 4.69) is 20.6 Å². The highest BCUT2D eigenvalue weighted by Crippen LogP contribution is 2.19. The summed E-state index contributed by atoms with van der Waals surface area (Å²) in [5.74, 6) is 1.67. The summed E-state index contributed by atoms with van der Waals surface area (Å²) < 4.78 is 5.44. The predicted molar refractivity (Wildman–Crippen MR) is 116 cm³/mol. The molecule has 1 heterocycles. The topological polar surface area (TPSA) is 79.4 Å². The van der Waals surface area contributed by atoms with Crippen molar-refractivity contribution in [2.45, 2.75) is 6.92 Å². The molecule has 0 radical (unpaired) electrons. The number of benzene rings is 2. The van der Waals surface area contributed by atoms with Crippen LogP contribution in [-0.2, 0) is 4.79 Å². The molecule has 0 aliphatic heterocycles. The van der Waals surface area contributed by atoms with Crippen LogP contribution in [-0.4, -0.2) is 36.6 Å². The zero-order chi connectivity index (χ0) is 20.8. The van der Waals surface area contributed by atoms with Gasteiger partial charge in [-0.25, -0.2) is 4.98 Å². The maximum atomic E-state index is 12.1. The molecular weight excluding hydrogens is 390 g/mol. The number of carbonyl (C=O) groups is 1. The van der Waals surface area contributed by atoms with Crippen molar-refractivity contribution in [1.29, 1.82) is 0 Å². The number of halogens is 1. The minimum atomic E-state index is -0.252. The smallest absolute Gasteiger partial charge is 0.262 e. The SMILES string of the molecule is Cc1cc(N(C)C)nc(Nc2ccc(NC(=O)COc3ccc(Cl)cc3)cc2)n1. The highest BCUT2D eigenvalue weighted by molar-refractivity contribution is 6.30. The van der Waals surface area contributed by atoms with Crippen molar-refractivity contribution >= 4 is 40.6 Å². The van der Waals surface area contributed by atoms with Crippen LogP contribution in [0.2, 0.25) is 5.02 Å². The van der Waals surface area contributed by atoms with Crippen molar-refractivity contribution in [1.82, 2.24) is 9.97 Å². The second kappa shape index (κ2) is 9.25. The molecule has 0 aliphatic rings. The van der Waals surface area contributed by atoms with E-state index in [4.69, 9.17) is 16.3 Å². The number of rotatable bonds is 7. The van der Waals surface area contributed by atoms with Gasteiger partial charge in [-0.15, -0.1) is 0 Å². The van der Waals surface area contributed by atoms with E-state index >= 15 is 0 Å². The summed E-state index contributed by atoms with van der Waals surface area (Å²) in [6, 6.07) is 16.0. The first kappa shape index (κ1) is 20.4. The fraction of sp³-hybridized carbons (Fsp3) is 0.190. The lowest BCUT2D eigenvalue weighted by atomic mass is 10.3. The van der Waals surface area contributed by atoms with Gasteiger partial charge < -0.3 is 20.3 Å². The zero-order valence-electron chi connectivity index (χ0n) is 16.4. The fourth-order valence-corrected chi connectivity index (χ4v) is 2.61. The lowest BCUT2D eigenvalue weighted by Crippen LogP contribution is -2.20. The number of aromatic nitrogens is 2. The summed E-state index contributed by atoms with van der Waals surface area (Å²) in [4.78, 5) is 22.9. The molecule has 0 saturated carbocycles. The number of carbonyl (C=O) groups excluding carboxylic acids is 1. The van der Waals surface area contributed by atoms with Gasteiger partial charge in [0.05, 0.1) is 0 Å². The first-order valence-electron chi connectivity index (χ1n) is 8.97. The van der Waals surface area contributed by atoms with Gasteiger partial charge in [-0.2, -0.15) is 4.98 Å². The lowest BCUT2D eigenvalue weighted by Gasteiger charge is -2.14. The van der Waals surface area contributed by atoms with Crippen molar-refractivity contribution < 1.29 is 9.53 Å². The van der Waals surface area contributed by atoms with Crippen LogP contribution >= 0.6 is 11.6 Å². The van der Waals surface area contributed by atoms with Gasteiger partial charge in [0.15, 0.2) is 6.61 Å². The van der Waals surface area contributed by atoms with Crippen LogP contribution in [0.5, 0.6) is 5.75 Å². The Morgan fingerprint density at radius 1 is 1.03 bits per heavy atom. The van der Waals surface area contributed by atoms with Crippen LogP contribution in [0.15, 0.2) is 54.6 Å². The van der Waals surface area contributed by atoms with Crippen LogP contribution in [0, 0.1) is 6.92 Å². The van der Waals surface area contributed by atoms with E-state index in [1.165, 1.54) is 0 Å². The minimum Gasteiger partial charge on any atom is -0.484 e. The van der Waals surface area contributed by atoms with Gasteiger partial charge in [0.25, 0.3) is 5.91 Å². The third-order valence-electron chi connectivity index (χ3n) is 3.91. The summed E-state index contributed by atoms with van der Waals surface area (Å²) in [5.41, 5.74) is 2.35. The molecule has 1 amide bonds. The van der Waals surface area contributed by atoms with Crippen molar-refractivity contribution in [2.24, 2.45) is 0 Å². The second-order valence-corrected chi connectivity index (χ2v) is 7.02. The summed E-state index contributed by atoms with van der Waals surface area (Å²) in [5, 5.41) is 6.58. The van der Waals surface area contributed by atoms with E-state index in [9.17, 15) is 4.79 Å². The third-order valence-corrected chi connectivity index (χ3v) is 4.16. The van der Waals surface area contributed by atoms with Gasteiger partial charge in [-0.3, -0.25) is 4.79 Å². The summed E-state index contributed by atoms with van der Waals surface area (Å²) in [6.45, 7) is 1.83. The number of ether oxygens (including phenoxy) is 1. The molecule has 0 saturated heterocycles. The highest BCUT2D eigenvalue weighted by atomic mass is 35.5. The molecule has 3 aromatic rings. The van der Waals surface area contributed by atoms with Gasteiger partial charge in [0.2, 0.25) is 5.95 Å². The first-order valence-corrected chi connectivity index (χ1v) is 9.35. The van der Waals surface area contributed by atoms with Crippen LogP contribution in [0.1, 0.15) is 5.69 Å². The second-order valence-electron chi connectivity index (χ2n) is 6.58. The number of amides is 1. The number of aryl methyl sites for hydroxylation is 1. The Bertz CT molecular complexity index is 975. The zero-order valence-corrected chi connectivity index (χ0v) is 17.2. The molecule has 0 unspecified atom stereocenters. The van der Waals surface area contributed by atoms with Gasteiger partial charge in [0, 0.05) is 42.3 Å². The average Bonchev–Trinajstić information content (AvgIpc) is 2.68. The number of hydrogen-bond acceptors (Lipinski definition) is 6. The minimum absolute atomic E-state index is 0.0912. The highest BCUT2D eigenvalue weighted by Gasteiger charge is 2.06. The fourth-order valence-electron chi connectivity index (χ4n) is 2.48. The molecule has 0 aliphatic carbocycles. The molecule has 2 aromatic carbocycles. The van der Waals surface area contributed by atoms with Crippen LogP contribution in [0.4, 0.5) is 23.1 Å². The normalized spacial score (nSPS) is 10.3. The van der Waals surface area contributed by atoms with E-state index in [0.717, 1.165) is 17.2 Å². The Morgan fingerprint density at radius 2 is 1.69 bits per heavy atom. The largest absolute Gasteiger partial charge is 0.484 e. The average molecular weight is 412 g/mol. The number of hydrogen-bond donors (Lipinski definition) is 2. The standard InChI is InChI=1S/C21H22ClN5O2/c1-14-12-19(27(2)3)26-21(23-14)25-17-8-6-16(7-9-17)24-20(28)13-29-18-10-4-15(22)5-11-18/h4-12H,13H2,1-3H3,(H,24,28)(H,23,25,26). The molecule has 0 fully saturated rings. The Balaban J connectivity index is 1.56. The molecule has 1 aromatic heterocycles. The Hall–Kier alpha value is -3.32. The van der Waals surface area contributed by atoms with Crippen LogP contribution < -0.4 is 20.3 Å². The predicted octanol–water partition coefficient (Wildman–Crippen LogP) is 4.27. The van der Waals surface area contributed by atoms with E-state index in [0.29, 0.717) is 22.4 Å². The van der Waals surface area contributed by atoms with Crippen molar-refractivity contribution in [2.75, 3.05) is 36.2 Å². The quantitative estimate of drug-likeness (QED) is 0.604. The van der Waals surface area contributed by atoms with E-state index < -0.39 is 0 Å². The summed E-state index contributed by atoms with van der Waals surface area (Å²) in [6.07, 6.45) is 0. The molecule has 0 bridgehead atoms. The number of nitrogens with zero attached hydrogens (tertiary/aromatic N) is 3. The Labute approximate surface area is 174 Å². The van der Waals surface area contributed by atoms with E-state index in [-0.39, 0.29) is 12.5 Å². The van der Waals surface area contributed by atoms with Crippen molar-refractivity contribution in [3.05, 3.63) is 65.3 Å². The molecule has 3 rings (SSSR count). The number of anilines is 4. The lowest BCUT2D eigenvalue weighted by molar-refractivity contribution is -0.118. The molecule has 150 valence electrons. The maximum absolute atomic E-state index is 12.1. The first-order chi connectivity index (χ1) is 13.9. The van der Waals surface area contributed by atoms with Crippen molar-refractivity contribution in [3.8, 4) is 5.75 Å². The van der Waals surface area contributed by atoms with E-state index in [1.54, 1.807) is 36.4 Å². The van der Waals surface area contributed by atoms with Gasteiger partial charge in [0.1, 0.15) is 11.6 Å². The monoisotopic (exact) mass is 411 g/mol. The number of nitrogens with one attached hydrogen (secondary N) is 2. The molecule has 0 spiro atoms. The maximum Gasteiger partial charge on any atom is 0.262 e. The van der Waals surface area contributed by atoms with E-state index in [1.807, 2.05) is 44.1 Å².